The fourth-order valence-electron chi connectivity index (χ4n) is 4.29. The van der Waals surface area contributed by atoms with Crippen LogP contribution in [0, 0.1) is 19.8 Å². The van der Waals surface area contributed by atoms with Crippen molar-refractivity contribution in [3.63, 3.8) is 0 Å². The van der Waals surface area contributed by atoms with Crippen LogP contribution in [0.25, 0.3) is 5.69 Å². The summed E-state index contributed by atoms with van der Waals surface area (Å²) in [7, 11) is 0. The molecule has 0 bridgehead atoms. The summed E-state index contributed by atoms with van der Waals surface area (Å²) < 4.78 is 3.90. The second-order valence-electron chi connectivity index (χ2n) is 7.91. The van der Waals surface area contributed by atoms with Gasteiger partial charge < -0.3 is 15.0 Å². The second-order valence-corrected chi connectivity index (χ2v) is 7.91. The summed E-state index contributed by atoms with van der Waals surface area (Å²) in [6.45, 7) is 4.73. The number of rotatable bonds is 6. The topological polar surface area (TPSA) is 85.0 Å². The Morgan fingerprint density at radius 1 is 1.24 bits per heavy atom. The fourth-order valence-corrected chi connectivity index (χ4v) is 4.29. The lowest BCUT2D eigenvalue weighted by Crippen LogP contribution is -2.40. The van der Waals surface area contributed by atoms with Gasteiger partial charge in [0, 0.05) is 30.2 Å². The molecule has 1 aliphatic carbocycles. The maximum Gasteiger partial charge on any atom is 0.224 e. The molecule has 29 heavy (non-hydrogen) atoms. The summed E-state index contributed by atoms with van der Waals surface area (Å²) in [5, 5.41) is 18.1. The average Bonchev–Trinajstić information content (AvgIpc) is 3.40. The van der Waals surface area contributed by atoms with Gasteiger partial charge in [0.2, 0.25) is 5.91 Å². The molecule has 1 aromatic carbocycles. The van der Waals surface area contributed by atoms with E-state index in [1.165, 1.54) is 0 Å². The molecule has 1 aliphatic rings. The Balaban J connectivity index is 1.39. The molecule has 3 atom stereocenters. The van der Waals surface area contributed by atoms with E-state index in [0.717, 1.165) is 35.6 Å². The minimum atomic E-state index is -0.512. The minimum absolute atomic E-state index is 0.0730. The molecular weight excluding hydrogens is 366 g/mol. The number of nitrogens with one attached hydrogen (secondary N) is 1. The van der Waals surface area contributed by atoms with Crippen molar-refractivity contribution in [3.8, 4) is 5.69 Å². The molecule has 4 rings (SSSR count). The Labute approximate surface area is 170 Å². The number of para-hydroxylation sites is 1. The van der Waals surface area contributed by atoms with E-state index in [1.807, 2.05) is 59.6 Å². The molecule has 1 saturated carbocycles. The largest absolute Gasteiger partial charge is 0.391 e. The monoisotopic (exact) mass is 393 g/mol. The predicted molar refractivity (Wildman–Crippen MR) is 110 cm³/mol. The molecule has 7 heteroatoms. The average molecular weight is 393 g/mol. The summed E-state index contributed by atoms with van der Waals surface area (Å²) in [5.41, 5.74) is 3.74. The highest BCUT2D eigenvalue weighted by Gasteiger charge is 2.34. The summed E-state index contributed by atoms with van der Waals surface area (Å²) in [4.78, 5) is 16.8. The molecule has 152 valence electrons. The van der Waals surface area contributed by atoms with E-state index >= 15 is 0 Å². The first-order valence-electron chi connectivity index (χ1n) is 10.0. The van der Waals surface area contributed by atoms with E-state index < -0.39 is 6.10 Å². The van der Waals surface area contributed by atoms with E-state index in [0.29, 0.717) is 12.3 Å². The van der Waals surface area contributed by atoms with Gasteiger partial charge >= 0.3 is 0 Å². The van der Waals surface area contributed by atoms with Gasteiger partial charge in [-0.3, -0.25) is 4.79 Å². The number of aliphatic hydroxyl groups excluding tert-OH is 1. The van der Waals surface area contributed by atoms with E-state index in [-0.39, 0.29) is 18.4 Å². The Hall–Kier alpha value is -2.93. The SMILES string of the molecule is Cc1nn(-c2ccccc2)c(C)c1CC(=O)N[C@@H]1CC(Cn2ccnc2)C[C@H]1O. The minimum Gasteiger partial charge on any atom is -0.391 e. The third kappa shape index (κ3) is 4.24. The summed E-state index contributed by atoms with van der Waals surface area (Å²) in [5.74, 6) is 0.255. The second kappa shape index (κ2) is 8.21. The van der Waals surface area contributed by atoms with Crippen LogP contribution in [0.5, 0.6) is 0 Å². The first-order chi connectivity index (χ1) is 14.0. The van der Waals surface area contributed by atoms with Crippen LogP contribution in [0.15, 0.2) is 49.1 Å². The number of hydrogen-bond acceptors (Lipinski definition) is 4. The van der Waals surface area contributed by atoms with Crippen LogP contribution < -0.4 is 5.32 Å². The van der Waals surface area contributed by atoms with Crippen LogP contribution in [0.4, 0.5) is 0 Å². The van der Waals surface area contributed by atoms with Crippen LogP contribution in [0.2, 0.25) is 0 Å². The van der Waals surface area contributed by atoms with Crippen molar-refractivity contribution in [1.82, 2.24) is 24.6 Å². The number of imidazole rings is 1. The third-order valence-corrected chi connectivity index (χ3v) is 5.78. The van der Waals surface area contributed by atoms with Gasteiger partial charge in [-0.05, 0) is 44.7 Å². The molecule has 3 aromatic rings. The zero-order chi connectivity index (χ0) is 20.4. The number of carbonyl (C=O) groups excluding carboxylic acids is 1. The molecular formula is C22H27N5O2. The molecule has 1 amide bonds. The molecule has 2 aromatic heterocycles. The molecule has 7 nitrogen and oxygen atoms in total. The molecule has 0 aliphatic heterocycles. The van der Waals surface area contributed by atoms with E-state index in [2.05, 4.69) is 15.4 Å². The van der Waals surface area contributed by atoms with Gasteiger partial charge in [0.05, 0.1) is 36.3 Å². The van der Waals surface area contributed by atoms with Crippen molar-refractivity contribution in [1.29, 1.82) is 0 Å². The van der Waals surface area contributed by atoms with Gasteiger partial charge in [0.25, 0.3) is 0 Å². The molecule has 1 unspecified atom stereocenters. The highest BCUT2D eigenvalue weighted by Crippen LogP contribution is 2.28. The molecule has 2 N–H and O–H groups in total. The number of benzene rings is 1. The number of hydrogen-bond donors (Lipinski definition) is 2. The maximum atomic E-state index is 12.7. The lowest BCUT2D eigenvalue weighted by Gasteiger charge is -2.16. The molecule has 0 saturated heterocycles. The Morgan fingerprint density at radius 2 is 2.03 bits per heavy atom. The van der Waals surface area contributed by atoms with Crippen molar-refractivity contribution in [2.24, 2.45) is 5.92 Å². The molecule has 0 radical (unpaired) electrons. The standard InChI is InChI=1S/C22H27N5O2/c1-15-19(16(2)27(25-15)18-6-4-3-5-7-18)12-22(29)24-20-10-17(11-21(20)28)13-26-9-8-23-14-26/h3-9,14,17,20-21,28H,10-13H2,1-2H3,(H,24,29)/t17?,20-,21-/m1/s1. The van der Waals surface area contributed by atoms with Gasteiger partial charge in [0.1, 0.15) is 0 Å². The number of aliphatic hydroxyl groups is 1. The highest BCUT2D eigenvalue weighted by atomic mass is 16.3. The van der Waals surface area contributed by atoms with Crippen LogP contribution in [-0.4, -0.2) is 42.5 Å². The van der Waals surface area contributed by atoms with Crippen molar-refractivity contribution in [2.75, 3.05) is 0 Å². The van der Waals surface area contributed by atoms with Gasteiger partial charge in [-0.1, -0.05) is 18.2 Å². The highest BCUT2D eigenvalue weighted by molar-refractivity contribution is 5.79. The fraction of sp³-hybridized carbons (Fsp3) is 0.409. The number of amides is 1. The number of nitrogens with zero attached hydrogens (tertiary/aromatic N) is 4. The van der Waals surface area contributed by atoms with Gasteiger partial charge in [0.15, 0.2) is 0 Å². The maximum absolute atomic E-state index is 12.7. The molecule has 1 fully saturated rings. The summed E-state index contributed by atoms with van der Waals surface area (Å²) in [6.07, 6.45) is 6.67. The quantitative estimate of drug-likeness (QED) is 0.672. The summed E-state index contributed by atoms with van der Waals surface area (Å²) in [6, 6.07) is 9.70. The predicted octanol–water partition coefficient (Wildman–Crippen LogP) is 2.18. The Kier molecular flexibility index (Phi) is 5.49. The van der Waals surface area contributed by atoms with E-state index in [9.17, 15) is 9.90 Å². The third-order valence-electron chi connectivity index (χ3n) is 5.78. The summed E-state index contributed by atoms with van der Waals surface area (Å²) >= 11 is 0. The first kappa shape index (κ1) is 19.4. The van der Waals surface area contributed by atoms with Gasteiger partial charge in [-0.25, -0.2) is 9.67 Å². The molecule has 0 spiro atoms. The van der Waals surface area contributed by atoms with Crippen molar-refractivity contribution < 1.29 is 9.90 Å². The zero-order valence-electron chi connectivity index (χ0n) is 16.8. The number of aromatic nitrogens is 4. The smallest absolute Gasteiger partial charge is 0.224 e. The van der Waals surface area contributed by atoms with Crippen LogP contribution in [0.1, 0.15) is 29.8 Å². The first-order valence-corrected chi connectivity index (χ1v) is 10.0. The number of aryl methyl sites for hydroxylation is 1. The van der Waals surface area contributed by atoms with Crippen LogP contribution in [0.3, 0.4) is 0 Å². The lowest BCUT2D eigenvalue weighted by molar-refractivity contribution is -0.121. The Bertz CT molecular complexity index is 965. The van der Waals surface area contributed by atoms with Gasteiger partial charge in [-0.2, -0.15) is 5.10 Å². The number of carbonyl (C=O) groups is 1. The lowest BCUT2D eigenvalue weighted by atomic mass is 10.1. The van der Waals surface area contributed by atoms with E-state index in [4.69, 9.17) is 0 Å². The van der Waals surface area contributed by atoms with Gasteiger partial charge in [-0.15, -0.1) is 0 Å². The van der Waals surface area contributed by atoms with Crippen molar-refractivity contribution >= 4 is 5.91 Å². The van der Waals surface area contributed by atoms with Crippen LogP contribution >= 0.6 is 0 Å². The zero-order valence-corrected chi connectivity index (χ0v) is 16.8. The normalized spacial score (nSPS) is 21.4. The van der Waals surface area contributed by atoms with Crippen LogP contribution in [-0.2, 0) is 17.8 Å². The molecule has 2 heterocycles. The van der Waals surface area contributed by atoms with E-state index in [1.54, 1.807) is 12.5 Å². The van der Waals surface area contributed by atoms with Crippen molar-refractivity contribution in [2.45, 2.75) is 51.8 Å². The van der Waals surface area contributed by atoms with Crippen molar-refractivity contribution in [3.05, 3.63) is 66.0 Å². The Morgan fingerprint density at radius 3 is 2.76 bits per heavy atom.